The van der Waals surface area contributed by atoms with Crippen LogP contribution in [0.2, 0.25) is 0 Å². The van der Waals surface area contributed by atoms with E-state index in [-0.39, 0.29) is 23.5 Å². The average Bonchev–Trinajstić information content (AvgIpc) is 3.08. The molecule has 0 aromatic carbocycles. The van der Waals surface area contributed by atoms with E-state index >= 15 is 0 Å². The molecule has 0 aliphatic heterocycles. The number of carbonyl (C=O) groups is 1. The van der Waals surface area contributed by atoms with E-state index < -0.39 is 4.92 Å². The molecule has 1 fully saturated rings. The molecule has 138 valence electrons. The largest absolute Gasteiger partial charge is 0.433 e. The molecule has 25 heavy (non-hydrogen) atoms. The Bertz CT molecular complexity index is 589. The van der Waals surface area contributed by atoms with Crippen LogP contribution in [0.3, 0.4) is 0 Å². The van der Waals surface area contributed by atoms with Crippen LogP contribution in [0, 0.1) is 22.0 Å². The smallest absolute Gasteiger partial charge is 0.400 e. The molecule has 1 aliphatic carbocycles. The normalized spacial score (nSPS) is 20.7. The van der Waals surface area contributed by atoms with Crippen molar-refractivity contribution in [2.24, 2.45) is 16.9 Å². The molecule has 0 saturated heterocycles. The van der Waals surface area contributed by atoms with E-state index in [4.69, 9.17) is 4.42 Å². The van der Waals surface area contributed by atoms with Gasteiger partial charge < -0.3 is 4.42 Å². The molecule has 1 aromatic heterocycles. The molecule has 0 bridgehead atoms. The summed E-state index contributed by atoms with van der Waals surface area (Å²) in [6, 6.07) is 2.70. The minimum absolute atomic E-state index is 0.00924. The summed E-state index contributed by atoms with van der Waals surface area (Å²) in [5.74, 6) is 0.581. The second-order valence-corrected chi connectivity index (χ2v) is 6.73. The monoisotopic (exact) mass is 349 g/mol. The first-order valence-electron chi connectivity index (χ1n) is 9.17. The zero-order valence-electron chi connectivity index (χ0n) is 14.8. The van der Waals surface area contributed by atoms with Crippen LogP contribution in [0.4, 0.5) is 5.88 Å². The summed E-state index contributed by atoms with van der Waals surface area (Å²) in [6.45, 7) is 2.22. The molecule has 7 heteroatoms. The minimum Gasteiger partial charge on any atom is -0.400 e. The maximum absolute atomic E-state index is 12.1. The highest BCUT2D eigenvalue weighted by molar-refractivity contribution is 5.81. The molecule has 1 heterocycles. The lowest BCUT2D eigenvalue weighted by molar-refractivity contribution is -0.402. The van der Waals surface area contributed by atoms with Crippen LogP contribution in [0.15, 0.2) is 21.7 Å². The number of hydrogen-bond acceptors (Lipinski definition) is 5. The second-order valence-electron chi connectivity index (χ2n) is 6.73. The zero-order valence-corrected chi connectivity index (χ0v) is 14.8. The number of nitro groups is 1. The number of rotatable bonds is 9. The fraction of sp³-hybridized carbons (Fsp3) is 0.667. The van der Waals surface area contributed by atoms with E-state index in [9.17, 15) is 14.9 Å². The number of furan rings is 1. The van der Waals surface area contributed by atoms with E-state index in [1.807, 2.05) is 0 Å². The fourth-order valence-corrected chi connectivity index (χ4v) is 3.33. The van der Waals surface area contributed by atoms with E-state index in [1.165, 1.54) is 50.5 Å². The Balaban J connectivity index is 1.68. The molecule has 2 rings (SSSR count). The van der Waals surface area contributed by atoms with Crippen LogP contribution < -0.4 is 5.43 Å². The van der Waals surface area contributed by atoms with Crippen molar-refractivity contribution in [1.29, 1.82) is 0 Å². The van der Waals surface area contributed by atoms with Gasteiger partial charge in [0.1, 0.15) is 4.92 Å². The van der Waals surface area contributed by atoms with E-state index in [0.29, 0.717) is 0 Å². The van der Waals surface area contributed by atoms with Gasteiger partial charge in [0, 0.05) is 5.92 Å². The first kappa shape index (κ1) is 19.1. The lowest BCUT2D eigenvalue weighted by atomic mass is 9.79. The van der Waals surface area contributed by atoms with Gasteiger partial charge in [0.05, 0.1) is 12.3 Å². The first-order valence-corrected chi connectivity index (χ1v) is 9.17. The number of unbranched alkanes of at least 4 members (excludes halogenated alkanes) is 3. The Labute approximate surface area is 148 Å². The number of carbonyl (C=O) groups excluding carboxylic acids is 1. The second kappa shape index (κ2) is 9.96. The van der Waals surface area contributed by atoms with Crippen LogP contribution in [0.25, 0.3) is 0 Å². The summed E-state index contributed by atoms with van der Waals surface area (Å²) in [5, 5.41) is 14.4. The molecular formula is C18H27N3O4. The van der Waals surface area contributed by atoms with Crippen molar-refractivity contribution in [3.63, 3.8) is 0 Å². The minimum atomic E-state index is -0.614. The molecule has 0 spiro atoms. The number of amides is 1. The molecule has 0 unspecified atom stereocenters. The third kappa shape index (κ3) is 6.32. The third-order valence-electron chi connectivity index (χ3n) is 4.84. The van der Waals surface area contributed by atoms with Gasteiger partial charge in [-0.15, -0.1) is 0 Å². The fourth-order valence-electron chi connectivity index (χ4n) is 3.33. The van der Waals surface area contributed by atoms with Crippen molar-refractivity contribution in [1.82, 2.24) is 5.43 Å². The molecule has 1 aliphatic rings. The average molecular weight is 349 g/mol. The van der Waals surface area contributed by atoms with Gasteiger partial charge in [-0.3, -0.25) is 14.9 Å². The van der Waals surface area contributed by atoms with Gasteiger partial charge in [-0.2, -0.15) is 5.10 Å². The van der Waals surface area contributed by atoms with Crippen LogP contribution >= 0.6 is 0 Å². The molecule has 7 nitrogen and oxygen atoms in total. The van der Waals surface area contributed by atoms with Gasteiger partial charge in [0.15, 0.2) is 5.76 Å². The quantitative estimate of drug-likeness (QED) is 0.309. The molecule has 0 atom stereocenters. The van der Waals surface area contributed by atoms with Gasteiger partial charge in [0.2, 0.25) is 5.91 Å². The van der Waals surface area contributed by atoms with Gasteiger partial charge in [0.25, 0.3) is 0 Å². The van der Waals surface area contributed by atoms with E-state index in [0.717, 1.165) is 31.6 Å². The van der Waals surface area contributed by atoms with Crippen LogP contribution in [0.1, 0.15) is 70.5 Å². The Hall–Kier alpha value is -2.18. The summed E-state index contributed by atoms with van der Waals surface area (Å²) in [5.41, 5.74) is 2.51. The van der Waals surface area contributed by atoms with Crippen LogP contribution in [-0.2, 0) is 4.79 Å². The first-order chi connectivity index (χ1) is 12.1. The standard InChI is InChI=1S/C18H27N3O4/c1-2-3-4-5-6-14-7-9-15(10-8-14)18(22)20-19-13-16-11-12-17(25-16)21(23)24/h11-15H,2-10H2,1H3,(H,20,22)/b19-13+. The molecule has 1 saturated carbocycles. The molecule has 0 radical (unpaired) electrons. The predicted octanol–water partition coefficient (Wildman–Crippen LogP) is 4.41. The Morgan fingerprint density at radius 1 is 1.32 bits per heavy atom. The molecule has 1 amide bonds. The van der Waals surface area contributed by atoms with Gasteiger partial charge in [-0.05, 0) is 37.7 Å². The van der Waals surface area contributed by atoms with Crippen molar-refractivity contribution in [2.45, 2.75) is 64.7 Å². The Morgan fingerprint density at radius 3 is 2.72 bits per heavy atom. The van der Waals surface area contributed by atoms with Crippen molar-refractivity contribution >= 4 is 18.0 Å². The van der Waals surface area contributed by atoms with Crippen LogP contribution in [-0.4, -0.2) is 17.0 Å². The highest BCUT2D eigenvalue weighted by Crippen LogP contribution is 2.32. The third-order valence-corrected chi connectivity index (χ3v) is 4.84. The van der Waals surface area contributed by atoms with E-state index in [2.05, 4.69) is 17.5 Å². The lowest BCUT2D eigenvalue weighted by Gasteiger charge is -2.27. The summed E-state index contributed by atoms with van der Waals surface area (Å²) < 4.78 is 4.94. The lowest BCUT2D eigenvalue weighted by Crippen LogP contribution is -2.30. The van der Waals surface area contributed by atoms with Gasteiger partial charge in [-0.1, -0.05) is 39.0 Å². The number of nitrogens with one attached hydrogen (secondary N) is 1. The zero-order chi connectivity index (χ0) is 18.1. The van der Waals surface area contributed by atoms with Crippen molar-refractivity contribution in [3.05, 3.63) is 28.0 Å². The van der Waals surface area contributed by atoms with Crippen molar-refractivity contribution < 1.29 is 14.1 Å². The topological polar surface area (TPSA) is 97.7 Å². The van der Waals surface area contributed by atoms with Gasteiger partial charge in [-0.25, -0.2) is 5.43 Å². The van der Waals surface area contributed by atoms with Gasteiger partial charge >= 0.3 is 5.88 Å². The highest BCUT2D eigenvalue weighted by Gasteiger charge is 2.25. The number of hydrogen-bond donors (Lipinski definition) is 1. The molecule has 1 N–H and O–H groups in total. The SMILES string of the molecule is CCCCCCC1CCC(C(=O)N/N=C/c2ccc([N+](=O)[O-])o2)CC1. The van der Waals surface area contributed by atoms with Crippen molar-refractivity contribution in [3.8, 4) is 0 Å². The highest BCUT2D eigenvalue weighted by atomic mass is 16.6. The van der Waals surface area contributed by atoms with Crippen molar-refractivity contribution in [2.75, 3.05) is 0 Å². The maximum Gasteiger partial charge on any atom is 0.433 e. The Morgan fingerprint density at radius 2 is 2.08 bits per heavy atom. The van der Waals surface area contributed by atoms with E-state index in [1.54, 1.807) is 0 Å². The number of nitrogens with zero attached hydrogens (tertiary/aromatic N) is 2. The summed E-state index contributed by atoms with van der Waals surface area (Å²) in [4.78, 5) is 22.1. The summed E-state index contributed by atoms with van der Waals surface area (Å²) >= 11 is 0. The van der Waals surface area contributed by atoms with Crippen LogP contribution in [0.5, 0.6) is 0 Å². The molecular weight excluding hydrogens is 322 g/mol. The summed E-state index contributed by atoms with van der Waals surface area (Å²) in [6.07, 6.45) is 11.8. The summed E-state index contributed by atoms with van der Waals surface area (Å²) in [7, 11) is 0. The Kier molecular flexibility index (Phi) is 7.63. The predicted molar refractivity (Wildman–Crippen MR) is 95.3 cm³/mol. The molecule has 1 aromatic rings. The number of hydrazone groups is 1. The maximum atomic E-state index is 12.1.